The van der Waals surface area contributed by atoms with Gasteiger partial charge in [0.15, 0.2) is 6.10 Å². The molecule has 17 heavy (non-hydrogen) atoms. The maximum Gasteiger partial charge on any atom is 0.414 e. The lowest BCUT2D eigenvalue weighted by Crippen LogP contribution is -2.35. The molecule has 1 aromatic heterocycles. The van der Waals surface area contributed by atoms with Crippen LogP contribution in [0.25, 0.3) is 0 Å². The number of thiophene rings is 1. The topological polar surface area (TPSA) is 35.2 Å². The van der Waals surface area contributed by atoms with E-state index in [1.807, 2.05) is 0 Å². The highest BCUT2D eigenvalue weighted by Gasteiger charge is 2.39. The molecule has 1 rings (SSSR count). The SMILES string of the molecule is CC(N)C(OC(C)C(F)(F)F)c1cc(Br)cs1. The zero-order valence-electron chi connectivity index (χ0n) is 9.29. The van der Waals surface area contributed by atoms with E-state index in [1.54, 1.807) is 18.4 Å². The maximum absolute atomic E-state index is 12.4. The summed E-state index contributed by atoms with van der Waals surface area (Å²) in [7, 11) is 0. The van der Waals surface area contributed by atoms with E-state index in [9.17, 15) is 13.2 Å². The van der Waals surface area contributed by atoms with Crippen molar-refractivity contribution in [2.45, 2.75) is 38.3 Å². The van der Waals surface area contributed by atoms with Crippen molar-refractivity contribution < 1.29 is 17.9 Å². The lowest BCUT2D eigenvalue weighted by Gasteiger charge is -2.25. The van der Waals surface area contributed by atoms with Gasteiger partial charge in [-0.25, -0.2) is 0 Å². The molecule has 98 valence electrons. The fourth-order valence-corrected chi connectivity index (χ4v) is 2.82. The lowest BCUT2D eigenvalue weighted by atomic mass is 10.1. The first-order valence-electron chi connectivity index (χ1n) is 4.93. The number of halogens is 4. The molecule has 0 aliphatic carbocycles. The molecule has 7 heteroatoms. The Hall–Kier alpha value is -0.110. The van der Waals surface area contributed by atoms with Crippen LogP contribution >= 0.6 is 27.3 Å². The maximum atomic E-state index is 12.4. The van der Waals surface area contributed by atoms with Crippen molar-refractivity contribution in [2.75, 3.05) is 0 Å². The minimum absolute atomic E-state index is 0.509. The lowest BCUT2D eigenvalue weighted by molar-refractivity contribution is -0.229. The predicted molar refractivity (Wildman–Crippen MR) is 65.0 cm³/mol. The van der Waals surface area contributed by atoms with E-state index < -0.39 is 24.4 Å². The summed E-state index contributed by atoms with van der Waals surface area (Å²) >= 11 is 4.57. The Kier molecular flexibility index (Phi) is 5.00. The van der Waals surface area contributed by atoms with E-state index in [-0.39, 0.29) is 0 Å². The summed E-state index contributed by atoms with van der Waals surface area (Å²) in [6, 6.07) is 1.22. The van der Waals surface area contributed by atoms with Crippen molar-refractivity contribution >= 4 is 27.3 Å². The van der Waals surface area contributed by atoms with Crippen LogP contribution in [-0.2, 0) is 4.74 Å². The number of ether oxygens (including phenoxy) is 1. The predicted octanol–water partition coefficient (Wildman–Crippen LogP) is 3.87. The molecule has 0 saturated carbocycles. The Bertz CT molecular complexity index is 367. The molecule has 0 saturated heterocycles. The molecule has 1 aromatic rings. The van der Waals surface area contributed by atoms with Crippen molar-refractivity contribution in [2.24, 2.45) is 5.73 Å². The van der Waals surface area contributed by atoms with Gasteiger partial charge in [-0.3, -0.25) is 0 Å². The molecular weight excluding hydrogens is 319 g/mol. The molecule has 0 fully saturated rings. The summed E-state index contributed by atoms with van der Waals surface area (Å²) in [4.78, 5) is 0.683. The van der Waals surface area contributed by atoms with Crippen LogP contribution in [0.4, 0.5) is 13.2 Å². The highest BCUT2D eigenvalue weighted by molar-refractivity contribution is 9.10. The van der Waals surface area contributed by atoms with Gasteiger partial charge in [0.2, 0.25) is 0 Å². The number of rotatable bonds is 4. The average molecular weight is 332 g/mol. The fraction of sp³-hybridized carbons (Fsp3) is 0.600. The molecule has 1 heterocycles. The minimum Gasteiger partial charge on any atom is -0.359 e. The van der Waals surface area contributed by atoms with Gasteiger partial charge in [0.25, 0.3) is 0 Å². The van der Waals surface area contributed by atoms with E-state index >= 15 is 0 Å². The van der Waals surface area contributed by atoms with Crippen LogP contribution in [0.1, 0.15) is 24.8 Å². The molecule has 0 spiro atoms. The van der Waals surface area contributed by atoms with Crippen molar-refractivity contribution in [3.05, 3.63) is 20.8 Å². The van der Waals surface area contributed by atoms with Crippen LogP contribution in [0.2, 0.25) is 0 Å². The van der Waals surface area contributed by atoms with Gasteiger partial charge in [-0.2, -0.15) is 13.2 Å². The Balaban J connectivity index is 2.81. The molecule has 2 nitrogen and oxygen atoms in total. The number of alkyl halides is 3. The highest BCUT2D eigenvalue weighted by atomic mass is 79.9. The smallest absolute Gasteiger partial charge is 0.359 e. The molecule has 0 aromatic carbocycles. The van der Waals surface area contributed by atoms with Crippen molar-refractivity contribution in [3.63, 3.8) is 0 Å². The second-order valence-electron chi connectivity index (χ2n) is 3.77. The molecule has 0 bridgehead atoms. The Labute approximate surface area is 110 Å². The van der Waals surface area contributed by atoms with Gasteiger partial charge in [0.1, 0.15) is 6.10 Å². The second-order valence-corrected chi connectivity index (χ2v) is 5.63. The second kappa shape index (κ2) is 5.69. The van der Waals surface area contributed by atoms with Gasteiger partial charge in [0, 0.05) is 20.8 Å². The first kappa shape index (κ1) is 14.9. The third-order valence-corrected chi connectivity index (χ3v) is 3.91. The summed E-state index contributed by atoms with van der Waals surface area (Å²) in [5, 5.41) is 1.78. The average Bonchev–Trinajstić information content (AvgIpc) is 2.58. The summed E-state index contributed by atoms with van der Waals surface area (Å²) in [5.41, 5.74) is 5.67. The zero-order chi connectivity index (χ0) is 13.2. The van der Waals surface area contributed by atoms with Crippen molar-refractivity contribution in [1.29, 1.82) is 0 Å². The van der Waals surface area contributed by atoms with Gasteiger partial charge in [-0.05, 0) is 35.8 Å². The normalized spacial score (nSPS) is 17.8. The Morgan fingerprint density at radius 1 is 1.41 bits per heavy atom. The number of hydrogen-bond acceptors (Lipinski definition) is 3. The van der Waals surface area contributed by atoms with E-state index in [2.05, 4.69) is 15.9 Å². The first-order chi connectivity index (χ1) is 7.71. The Morgan fingerprint density at radius 2 is 2.00 bits per heavy atom. The molecule has 0 aliphatic heterocycles. The molecule has 3 unspecified atom stereocenters. The number of hydrogen-bond donors (Lipinski definition) is 1. The molecular formula is C10H13BrF3NOS. The fourth-order valence-electron chi connectivity index (χ4n) is 1.22. The van der Waals surface area contributed by atoms with Crippen LogP contribution in [0, 0.1) is 0 Å². The zero-order valence-corrected chi connectivity index (χ0v) is 11.7. The van der Waals surface area contributed by atoms with Crippen LogP contribution in [0.15, 0.2) is 15.9 Å². The van der Waals surface area contributed by atoms with E-state index in [0.29, 0.717) is 4.88 Å². The van der Waals surface area contributed by atoms with Crippen LogP contribution in [-0.4, -0.2) is 18.3 Å². The highest BCUT2D eigenvalue weighted by Crippen LogP contribution is 2.33. The van der Waals surface area contributed by atoms with Crippen LogP contribution < -0.4 is 5.73 Å². The molecule has 0 aliphatic rings. The van der Waals surface area contributed by atoms with E-state index in [0.717, 1.165) is 11.4 Å². The standard InChI is InChI=1S/C10H13BrF3NOS/c1-5(15)9(8-3-7(11)4-17-8)16-6(2)10(12,13)14/h3-6,9H,15H2,1-2H3. The van der Waals surface area contributed by atoms with Crippen molar-refractivity contribution in [3.8, 4) is 0 Å². The molecule has 0 radical (unpaired) electrons. The van der Waals surface area contributed by atoms with Gasteiger partial charge in [-0.15, -0.1) is 11.3 Å². The van der Waals surface area contributed by atoms with Gasteiger partial charge < -0.3 is 10.5 Å². The minimum atomic E-state index is -4.37. The quantitative estimate of drug-likeness (QED) is 0.909. The van der Waals surface area contributed by atoms with Crippen LogP contribution in [0.3, 0.4) is 0 Å². The third-order valence-electron chi connectivity index (χ3n) is 2.16. The molecule has 0 amide bonds. The molecule has 3 atom stereocenters. The third kappa shape index (κ3) is 4.24. The summed E-state index contributed by atoms with van der Waals surface area (Å²) in [6.45, 7) is 2.61. The van der Waals surface area contributed by atoms with Gasteiger partial charge in [0.05, 0.1) is 0 Å². The Morgan fingerprint density at radius 3 is 2.35 bits per heavy atom. The largest absolute Gasteiger partial charge is 0.414 e. The molecule has 2 N–H and O–H groups in total. The van der Waals surface area contributed by atoms with E-state index in [4.69, 9.17) is 10.5 Å². The number of nitrogens with two attached hydrogens (primary N) is 1. The van der Waals surface area contributed by atoms with Gasteiger partial charge in [-0.1, -0.05) is 0 Å². The monoisotopic (exact) mass is 331 g/mol. The first-order valence-corrected chi connectivity index (χ1v) is 6.60. The van der Waals surface area contributed by atoms with Crippen LogP contribution in [0.5, 0.6) is 0 Å². The van der Waals surface area contributed by atoms with E-state index in [1.165, 1.54) is 11.3 Å². The van der Waals surface area contributed by atoms with Gasteiger partial charge >= 0.3 is 6.18 Å². The summed E-state index contributed by atoms with van der Waals surface area (Å²) < 4.78 is 43.1. The summed E-state index contributed by atoms with van der Waals surface area (Å²) in [5.74, 6) is 0. The van der Waals surface area contributed by atoms with Crippen molar-refractivity contribution in [1.82, 2.24) is 0 Å². The summed E-state index contributed by atoms with van der Waals surface area (Å²) in [6.07, 6.45) is -6.95.